The first-order valence-electron chi connectivity index (χ1n) is 10.5. The van der Waals surface area contributed by atoms with E-state index in [2.05, 4.69) is 42.0 Å². The highest BCUT2D eigenvalue weighted by Crippen LogP contribution is 2.66. The normalized spacial score (nSPS) is 48.4. The molecule has 144 valence electrons. The Labute approximate surface area is 161 Å². The minimum atomic E-state index is -0.412. The molecule has 2 N–H and O–H groups in total. The summed E-state index contributed by atoms with van der Waals surface area (Å²) in [6.45, 7) is 4.73. The fourth-order valence-corrected chi connectivity index (χ4v) is 7.08. The molecule has 4 aliphatic rings. The van der Waals surface area contributed by atoms with E-state index >= 15 is 0 Å². The Morgan fingerprint density at radius 3 is 2.67 bits per heavy atom. The summed E-state index contributed by atoms with van der Waals surface area (Å²) < 4.78 is 0. The van der Waals surface area contributed by atoms with Gasteiger partial charge in [-0.25, -0.2) is 9.97 Å². The van der Waals surface area contributed by atoms with E-state index in [1.54, 1.807) is 0 Å². The monoisotopic (exact) mass is 366 g/mol. The van der Waals surface area contributed by atoms with Crippen molar-refractivity contribution in [2.45, 2.75) is 64.1 Å². The first-order chi connectivity index (χ1) is 12.9. The zero-order valence-electron chi connectivity index (χ0n) is 16.3. The van der Waals surface area contributed by atoms with Crippen LogP contribution in [0.1, 0.15) is 57.7 Å². The third-order valence-corrected chi connectivity index (χ3v) is 8.47. The third kappa shape index (κ3) is 2.42. The molecule has 0 saturated heterocycles. The summed E-state index contributed by atoms with van der Waals surface area (Å²) in [5, 5.41) is 21.7. The standard InChI is InChI=1S/C23H30N2O2/c1-22-7-3-5-16(22)20-17(6-8-22)23(2)14(12-19(20)27)11-15(26)13-18(23)21-24-9-4-10-25-21/h3-4,7,9-10,12,15-20,26-27H,5-6,8,11,13H2,1-2H3/t15?,16-,17-,18?,19?,20-,22-,23-/m0/s1. The summed E-state index contributed by atoms with van der Waals surface area (Å²) in [6, 6.07) is 1.85. The van der Waals surface area contributed by atoms with Crippen molar-refractivity contribution in [2.24, 2.45) is 28.6 Å². The van der Waals surface area contributed by atoms with Gasteiger partial charge in [0.05, 0.1) is 12.2 Å². The molecule has 0 aromatic carbocycles. The number of allylic oxidation sites excluding steroid dienone is 2. The van der Waals surface area contributed by atoms with Crippen LogP contribution in [-0.4, -0.2) is 32.4 Å². The Kier molecular flexibility index (Phi) is 3.90. The fraction of sp³-hybridized carbons (Fsp3) is 0.652. The van der Waals surface area contributed by atoms with Crippen molar-refractivity contribution in [2.75, 3.05) is 0 Å². The molecule has 1 aromatic heterocycles. The fourth-order valence-electron chi connectivity index (χ4n) is 7.08. The van der Waals surface area contributed by atoms with Gasteiger partial charge in [-0.15, -0.1) is 0 Å². The molecule has 0 amide bonds. The average Bonchev–Trinajstić information content (AvgIpc) is 3.05. The molecule has 2 saturated carbocycles. The summed E-state index contributed by atoms with van der Waals surface area (Å²) >= 11 is 0. The lowest BCUT2D eigenvalue weighted by molar-refractivity contribution is -0.0838. The quantitative estimate of drug-likeness (QED) is 0.745. The van der Waals surface area contributed by atoms with Crippen LogP contribution in [0, 0.1) is 28.6 Å². The first kappa shape index (κ1) is 17.6. The number of aromatic nitrogens is 2. The summed E-state index contributed by atoms with van der Waals surface area (Å²) in [6.07, 6.45) is 14.4. The van der Waals surface area contributed by atoms with E-state index in [0.717, 1.165) is 18.7 Å². The smallest absolute Gasteiger partial charge is 0.132 e. The Balaban J connectivity index is 1.62. The van der Waals surface area contributed by atoms with Crippen LogP contribution >= 0.6 is 0 Å². The van der Waals surface area contributed by atoms with Gasteiger partial charge in [0.1, 0.15) is 5.82 Å². The molecule has 4 nitrogen and oxygen atoms in total. The van der Waals surface area contributed by atoms with Gasteiger partial charge in [0.25, 0.3) is 0 Å². The van der Waals surface area contributed by atoms with Gasteiger partial charge in [-0.2, -0.15) is 0 Å². The third-order valence-electron chi connectivity index (χ3n) is 8.47. The van der Waals surface area contributed by atoms with Crippen molar-refractivity contribution in [1.29, 1.82) is 0 Å². The number of rotatable bonds is 1. The lowest BCUT2D eigenvalue weighted by Crippen LogP contribution is -2.56. The van der Waals surface area contributed by atoms with Gasteiger partial charge < -0.3 is 10.2 Å². The van der Waals surface area contributed by atoms with E-state index in [1.165, 1.54) is 12.0 Å². The number of fused-ring (bicyclic) bond motifs is 5. The van der Waals surface area contributed by atoms with E-state index in [4.69, 9.17) is 0 Å². The lowest BCUT2D eigenvalue weighted by atomic mass is 9.45. The Hall–Kier alpha value is -1.52. The van der Waals surface area contributed by atoms with E-state index in [0.29, 0.717) is 24.7 Å². The summed E-state index contributed by atoms with van der Waals surface area (Å²) in [5.74, 6) is 2.14. The topological polar surface area (TPSA) is 66.2 Å². The summed E-state index contributed by atoms with van der Waals surface area (Å²) in [4.78, 5) is 9.17. The van der Waals surface area contributed by atoms with Crippen molar-refractivity contribution < 1.29 is 10.2 Å². The van der Waals surface area contributed by atoms with E-state index in [-0.39, 0.29) is 28.8 Å². The second-order valence-corrected chi connectivity index (χ2v) is 9.69. The molecule has 1 aromatic rings. The van der Waals surface area contributed by atoms with Gasteiger partial charge in [0.15, 0.2) is 0 Å². The van der Waals surface area contributed by atoms with E-state index in [9.17, 15) is 10.2 Å². The predicted octanol–water partition coefficient (Wildman–Crippen LogP) is 3.63. The van der Waals surface area contributed by atoms with Crippen molar-refractivity contribution in [1.82, 2.24) is 9.97 Å². The van der Waals surface area contributed by atoms with Crippen LogP contribution in [0.5, 0.6) is 0 Å². The highest BCUT2D eigenvalue weighted by Gasteiger charge is 2.60. The number of aliphatic hydroxyl groups excluding tert-OH is 2. The maximum atomic E-state index is 11.1. The Bertz CT molecular complexity index is 791. The minimum absolute atomic E-state index is 0.0889. The number of nitrogens with zero attached hydrogens (tertiary/aromatic N) is 2. The molecule has 1 heterocycles. The Morgan fingerprint density at radius 1 is 1.11 bits per heavy atom. The highest BCUT2D eigenvalue weighted by molar-refractivity contribution is 5.33. The van der Waals surface area contributed by atoms with Gasteiger partial charge in [0, 0.05) is 23.7 Å². The zero-order chi connectivity index (χ0) is 18.8. The molecule has 0 spiro atoms. The largest absolute Gasteiger partial charge is 0.393 e. The molecule has 4 heteroatoms. The van der Waals surface area contributed by atoms with Crippen LogP contribution in [-0.2, 0) is 0 Å². The number of hydrogen-bond acceptors (Lipinski definition) is 4. The Morgan fingerprint density at radius 2 is 1.89 bits per heavy atom. The van der Waals surface area contributed by atoms with Crippen LogP contribution < -0.4 is 0 Å². The van der Waals surface area contributed by atoms with E-state index < -0.39 is 6.10 Å². The zero-order valence-corrected chi connectivity index (χ0v) is 16.3. The van der Waals surface area contributed by atoms with Crippen molar-refractivity contribution in [3.63, 3.8) is 0 Å². The molecule has 8 atom stereocenters. The van der Waals surface area contributed by atoms with Crippen LogP contribution in [0.25, 0.3) is 0 Å². The van der Waals surface area contributed by atoms with Crippen molar-refractivity contribution >= 4 is 0 Å². The van der Waals surface area contributed by atoms with E-state index in [1.807, 2.05) is 18.5 Å². The second-order valence-electron chi connectivity index (χ2n) is 9.69. The second kappa shape index (κ2) is 5.99. The van der Waals surface area contributed by atoms with Crippen molar-refractivity contribution in [3.8, 4) is 0 Å². The summed E-state index contributed by atoms with van der Waals surface area (Å²) in [5.41, 5.74) is 1.35. The molecule has 0 bridgehead atoms. The highest BCUT2D eigenvalue weighted by atomic mass is 16.3. The minimum Gasteiger partial charge on any atom is -0.393 e. The lowest BCUT2D eigenvalue weighted by Gasteiger charge is -2.60. The molecule has 0 aliphatic heterocycles. The molecule has 4 aliphatic carbocycles. The number of aliphatic hydroxyl groups is 2. The molecule has 27 heavy (non-hydrogen) atoms. The predicted molar refractivity (Wildman–Crippen MR) is 104 cm³/mol. The maximum Gasteiger partial charge on any atom is 0.132 e. The van der Waals surface area contributed by atoms with Gasteiger partial charge in [-0.1, -0.05) is 37.6 Å². The van der Waals surface area contributed by atoms with Gasteiger partial charge in [0.2, 0.25) is 0 Å². The van der Waals surface area contributed by atoms with Gasteiger partial charge >= 0.3 is 0 Å². The van der Waals surface area contributed by atoms with Crippen LogP contribution in [0.2, 0.25) is 0 Å². The maximum absolute atomic E-state index is 11.1. The van der Waals surface area contributed by atoms with Crippen LogP contribution in [0.3, 0.4) is 0 Å². The molecular formula is C23H30N2O2. The average molecular weight is 367 g/mol. The molecule has 0 radical (unpaired) electrons. The molecule has 2 fully saturated rings. The SMILES string of the molecule is C[C@@]12C=CC[C@H]1[C@@H]1C(O)C=C3CC(O)CC(c4ncccn4)[C@]3(C)[C@H]1CC2. The number of hydrogen-bond donors (Lipinski definition) is 2. The summed E-state index contributed by atoms with van der Waals surface area (Å²) in [7, 11) is 0. The van der Waals surface area contributed by atoms with Crippen molar-refractivity contribution in [3.05, 3.63) is 48.1 Å². The van der Waals surface area contributed by atoms with Crippen LogP contribution in [0.4, 0.5) is 0 Å². The molecule has 3 unspecified atom stereocenters. The first-order valence-corrected chi connectivity index (χ1v) is 10.5. The van der Waals surface area contributed by atoms with Gasteiger partial charge in [-0.3, -0.25) is 0 Å². The molecular weight excluding hydrogens is 336 g/mol. The van der Waals surface area contributed by atoms with Gasteiger partial charge in [-0.05, 0) is 61.3 Å². The molecule has 5 rings (SSSR count). The van der Waals surface area contributed by atoms with Crippen LogP contribution in [0.15, 0.2) is 42.3 Å².